The number of hydrogen-bond donors (Lipinski definition) is 6. The molecule has 0 aliphatic carbocycles. The molecule has 22 heteroatoms. The Labute approximate surface area is 342 Å². The highest BCUT2D eigenvalue weighted by atomic mass is 32.2. The zero-order valence-electron chi connectivity index (χ0n) is 32.8. The van der Waals surface area contributed by atoms with Gasteiger partial charge in [-0.1, -0.05) is 29.5 Å². The first-order valence-electron chi connectivity index (χ1n) is 19.1. The van der Waals surface area contributed by atoms with E-state index in [1.807, 2.05) is 0 Å². The van der Waals surface area contributed by atoms with E-state index in [0.717, 1.165) is 4.57 Å². The Morgan fingerprint density at radius 3 is 1.81 bits per heavy atom. The summed E-state index contributed by atoms with van der Waals surface area (Å²) in [5, 5.41) is 66.6. The summed E-state index contributed by atoms with van der Waals surface area (Å²) in [6, 6.07) is 4.78. The molecule has 322 valence electrons. The van der Waals surface area contributed by atoms with Crippen LogP contribution in [0.1, 0.15) is 41.9 Å². The molecular formula is C37H51N9O12S. The summed E-state index contributed by atoms with van der Waals surface area (Å²) in [6.45, 7) is 3.46. The number of aromatic nitrogens is 5. The monoisotopic (exact) mass is 845 g/mol. The second-order valence-corrected chi connectivity index (χ2v) is 16.3. The van der Waals surface area contributed by atoms with E-state index < -0.39 is 63.9 Å². The van der Waals surface area contributed by atoms with Gasteiger partial charge >= 0.3 is 29.6 Å². The largest absolute Gasteiger partial charge is 0.480 e. The number of benzene rings is 1. The highest BCUT2D eigenvalue weighted by Gasteiger charge is 2.36. The number of rotatable bonds is 15. The molecule has 5 rings (SSSR count). The Morgan fingerprint density at radius 1 is 0.814 bits per heavy atom. The van der Waals surface area contributed by atoms with Crippen LogP contribution in [0.4, 0.5) is 0 Å². The summed E-state index contributed by atoms with van der Waals surface area (Å²) < 4.78 is 4.06. The average molecular weight is 846 g/mol. The summed E-state index contributed by atoms with van der Waals surface area (Å²) in [5.41, 5.74) is 0.767. The van der Waals surface area contributed by atoms with E-state index in [9.17, 15) is 59.4 Å². The molecule has 21 nitrogen and oxygen atoms in total. The van der Waals surface area contributed by atoms with Gasteiger partial charge in [-0.25, -0.2) is 9.48 Å². The number of carboxylic acids is 4. The van der Waals surface area contributed by atoms with Gasteiger partial charge in [-0.05, 0) is 19.4 Å². The SMILES string of the molecule is Cc1cn(C2CC(O)C(CO)S2)c(=O)n(C(C)Cn2cc(-c3ccc(C(C(=O)O)N4CCN(CC(=O)O)CCN(CC(=O)O)CCN(CC(=O)O)CC4)cc3)nn2)c1=O. The molecule has 0 bridgehead atoms. The lowest BCUT2D eigenvalue weighted by Crippen LogP contribution is -2.49. The molecule has 2 aromatic heterocycles. The number of aliphatic hydroxyl groups excluding tert-OH is 2. The van der Waals surface area contributed by atoms with Crippen LogP contribution in [0, 0.1) is 6.92 Å². The third-order valence-electron chi connectivity index (χ3n) is 10.5. The van der Waals surface area contributed by atoms with Crippen molar-refractivity contribution < 1.29 is 49.8 Å². The van der Waals surface area contributed by atoms with Gasteiger partial charge in [0.2, 0.25) is 0 Å². The summed E-state index contributed by atoms with van der Waals surface area (Å²) in [4.78, 5) is 81.1. The average Bonchev–Trinajstić information content (AvgIpc) is 3.79. The van der Waals surface area contributed by atoms with Gasteiger partial charge in [0.15, 0.2) is 0 Å². The van der Waals surface area contributed by atoms with Crippen molar-refractivity contribution in [3.05, 3.63) is 68.6 Å². The molecule has 1 aromatic carbocycles. The van der Waals surface area contributed by atoms with Crippen LogP contribution in [0.25, 0.3) is 11.3 Å². The first-order valence-corrected chi connectivity index (χ1v) is 20.1. The van der Waals surface area contributed by atoms with Gasteiger partial charge in [0, 0.05) is 76.1 Å². The molecule has 2 aliphatic rings. The molecule has 0 amide bonds. The van der Waals surface area contributed by atoms with Crippen LogP contribution in [-0.2, 0) is 25.7 Å². The molecule has 59 heavy (non-hydrogen) atoms. The Hall–Kier alpha value is -4.97. The molecule has 0 spiro atoms. The summed E-state index contributed by atoms with van der Waals surface area (Å²) in [5.74, 6) is -4.44. The van der Waals surface area contributed by atoms with Crippen molar-refractivity contribution >= 4 is 35.6 Å². The maximum Gasteiger partial charge on any atom is 0.332 e. The van der Waals surface area contributed by atoms with E-state index in [1.165, 1.54) is 27.2 Å². The van der Waals surface area contributed by atoms with Crippen molar-refractivity contribution in [2.24, 2.45) is 0 Å². The maximum atomic E-state index is 13.6. The molecule has 0 saturated carbocycles. The van der Waals surface area contributed by atoms with Crippen molar-refractivity contribution in [1.29, 1.82) is 0 Å². The molecule has 2 aliphatic heterocycles. The fraction of sp³-hybridized carbons (Fsp3) is 0.568. The molecule has 5 unspecified atom stereocenters. The number of nitrogens with zero attached hydrogens (tertiary/aromatic N) is 9. The topological polar surface area (TPSA) is 277 Å². The summed E-state index contributed by atoms with van der Waals surface area (Å²) in [6.07, 6.45) is 2.56. The highest BCUT2D eigenvalue weighted by Crippen LogP contribution is 2.40. The van der Waals surface area contributed by atoms with E-state index in [1.54, 1.807) is 63.9 Å². The second kappa shape index (κ2) is 20.3. The normalized spacial score (nSPS) is 21.7. The van der Waals surface area contributed by atoms with Gasteiger partial charge in [0.05, 0.1) is 61.8 Å². The van der Waals surface area contributed by atoms with Gasteiger partial charge in [0.25, 0.3) is 5.56 Å². The van der Waals surface area contributed by atoms with Gasteiger partial charge in [0.1, 0.15) is 11.7 Å². The van der Waals surface area contributed by atoms with Crippen LogP contribution < -0.4 is 11.2 Å². The zero-order valence-corrected chi connectivity index (χ0v) is 33.6. The van der Waals surface area contributed by atoms with Crippen LogP contribution in [0.2, 0.25) is 0 Å². The van der Waals surface area contributed by atoms with Crippen LogP contribution in [0.3, 0.4) is 0 Å². The second-order valence-electron chi connectivity index (χ2n) is 14.9. The molecular weight excluding hydrogens is 795 g/mol. The Bertz CT molecular complexity index is 2040. The number of aliphatic carboxylic acids is 4. The standard InChI is InChI=1S/C37H51N9O12S/c1-23-16-45(30-15-28(48)29(22-47)59-30)37(58)46(35(23)55)24(2)17-44-18-27(38-39-44)25-3-5-26(6-4-25)34(36(56)57)43-13-11-41(20-32(51)52)9-7-40(19-31(49)50)8-10-42(12-14-43)21-33(53)54/h3-6,16,18,24,28-30,34,47-48H,7-15,17,19-22H2,1-2H3,(H,49,50)(H,51,52)(H,53,54)(H,56,57). The quantitative estimate of drug-likeness (QED) is 0.105. The van der Waals surface area contributed by atoms with Gasteiger partial charge in [-0.3, -0.25) is 52.7 Å². The highest BCUT2D eigenvalue weighted by molar-refractivity contribution is 8.00. The fourth-order valence-corrected chi connectivity index (χ4v) is 8.82. The molecule has 2 fully saturated rings. The van der Waals surface area contributed by atoms with E-state index in [0.29, 0.717) is 22.4 Å². The number of aryl methyl sites for hydroxylation is 1. The van der Waals surface area contributed by atoms with Crippen LogP contribution in [0.15, 0.2) is 46.2 Å². The Kier molecular flexibility index (Phi) is 15.5. The van der Waals surface area contributed by atoms with E-state index in [4.69, 9.17) is 0 Å². The molecule has 4 heterocycles. The number of thioether (sulfide) groups is 1. The predicted molar refractivity (Wildman–Crippen MR) is 212 cm³/mol. The molecule has 0 radical (unpaired) electrons. The minimum atomic E-state index is -1.19. The smallest absolute Gasteiger partial charge is 0.332 e. The minimum absolute atomic E-state index is 0.106. The van der Waals surface area contributed by atoms with Crippen molar-refractivity contribution in [2.75, 3.05) is 78.6 Å². The lowest BCUT2D eigenvalue weighted by Gasteiger charge is -2.35. The van der Waals surface area contributed by atoms with Gasteiger partial charge in [-0.2, -0.15) is 0 Å². The Balaban J connectivity index is 1.34. The maximum absolute atomic E-state index is 13.6. The number of aliphatic hydroxyl groups is 2. The van der Waals surface area contributed by atoms with Gasteiger partial charge in [-0.15, -0.1) is 16.9 Å². The van der Waals surface area contributed by atoms with Crippen molar-refractivity contribution in [2.45, 2.75) is 55.6 Å². The molecule has 5 atom stereocenters. The summed E-state index contributed by atoms with van der Waals surface area (Å²) in [7, 11) is 0. The lowest BCUT2D eigenvalue weighted by molar-refractivity contribution is -0.145. The Morgan fingerprint density at radius 2 is 1.34 bits per heavy atom. The van der Waals surface area contributed by atoms with Crippen molar-refractivity contribution in [3.63, 3.8) is 0 Å². The molecule has 3 aromatic rings. The number of carboxylic acid groups (broad SMARTS) is 4. The van der Waals surface area contributed by atoms with Crippen molar-refractivity contribution in [3.8, 4) is 11.3 Å². The third kappa shape index (κ3) is 11.8. The van der Waals surface area contributed by atoms with E-state index in [2.05, 4.69) is 10.3 Å². The number of carbonyl (C=O) groups is 4. The van der Waals surface area contributed by atoms with Crippen molar-refractivity contribution in [1.82, 2.24) is 43.7 Å². The third-order valence-corrected chi connectivity index (χ3v) is 12.1. The predicted octanol–water partition coefficient (Wildman–Crippen LogP) is -1.20. The van der Waals surface area contributed by atoms with Crippen LogP contribution in [0.5, 0.6) is 0 Å². The minimum Gasteiger partial charge on any atom is -0.480 e. The van der Waals surface area contributed by atoms with E-state index in [-0.39, 0.29) is 91.6 Å². The van der Waals surface area contributed by atoms with Crippen LogP contribution in [-0.4, -0.2) is 188 Å². The molecule has 2 saturated heterocycles. The molecule has 6 N–H and O–H groups in total. The first-order chi connectivity index (χ1) is 28.0. The zero-order chi connectivity index (χ0) is 43.0. The lowest BCUT2D eigenvalue weighted by atomic mass is 10.0. The fourth-order valence-electron chi connectivity index (χ4n) is 7.44. The van der Waals surface area contributed by atoms with E-state index >= 15 is 0 Å². The summed E-state index contributed by atoms with van der Waals surface area (Å²) >= 11 is 1.27. The first kappa shape index (κ1) is 45.1. The number of hydrogen-bond acceptors (Lipinski definition) is 15. The van der Waals surface area contributed by atoms with Crippen LogP contribution >= 0.6 is 11.8 Å². The van der Waals surface area contributed by atoms with Gasteiger partial charge < -0.3 is 30.6 Å².